The second-order valence-corrected chi connectivity index (χ2v) is 4.22. The van der Waals surface area contributed by atoms with Crippen molar-refractivity contribution >= 4 is 17.3 Å². The van der Waals surface area contributed by atoms with E-state index < -0.39 is 11.6 Å². The molecule has 0 amide bonds. The van der Waals surface area contributed by atoms with Gasteiger partial charge in [0.25, 0.3) is 0 Å². The zero-order valence-corrected chi connectivity index (χ0v) is 10.4. The van der Waals surface area contributed by atoms with Crippen LogP contribution in [0.2, 0.25) is 5.15 Å². The van der Waals surface area contributed by atoms with Crippen LogP contribution >= 0.6 is 11.6 Å². The topological polar surface area (TPSA) is 24.9 Å². The van der Waals surface area contributed by atoms with Crippen molar-refractivity contribution in [3.8, 4) is 0 Å². The third kappa shape index (κ3) is 2.59. The first kappa shape index (κ1) is 12.8. The van der Waals surface area contributed by atoms with E-state index >= 15 is 0 Å². The highest BCUT2D eigenvalue weighted by Crippen LogP contribution is 2.23. The summed E-state index contributed by atoms with van der Waals surface area (Å²) in [5.74, 6) is -1.70. The number of hydrogen-bond acceptors (Lipinski definition) is 2. The van der Waals surface area contributed by atoms with E-state index in [1.807, 2.05) is 6.92 Å². The number of rotatable bonds is 3. The molecule has 1 N–H and O–H groups in total. The largest absolute Gasteiger partial charge is 0.378 e. The summed E-state index contributed by atoms with van der Waals surface area (Å²) in [5.41, 5.74) is 1.77. The summed E-state index contributed by atoms with van der Waals surface area (Å²) < 4.78 is 26.5. The predicted octanol–water partition coefficient (Wildman–Crippen LogP) is 3.93. The Morgan fingerprint density at radius 1 is 1.28 bits per heavy atom. The third-order valence-corrected chi connectivity index (χ3v) is 2.89. The number of nitrogens with zero attached hydrogens (tertiary/aromatic N) is 1. The first-order valence-electron chi connectivity index (χ1n) is 5.37. The van der Waals surface area contributed by atoms with Crippen LogP contribution in [0.25, 0.3) is 0 Å². The Morgan fingerprint density at radius 2 is 2.06 bits per heavy atom. The van der Waals surface area contributed by atoms with Gasteiger partial charge < -0.3 is 5.32 Å². The number of benzene rings is 1. The second-order valence-electron chi connectivity index (χ2n) is 3.86. The van der Waals surface area contributed by atoms with Crippen molar-refractivity contribution < 1.29 is 8.78 Å². The predicted molar refractivity (Wildman–Crippen MR) is 67.7 cm³/mol. The lowest BCUT2D eigenvalue weighted by Crippen LogP contribution is -2.05. The molecule has 0 fully saturated rings. The van der Waals surface area contributed by atoms with E-state index in [2.05, 4.69) is 10.3 Å². The van der Waals surface area contributed by atoms with Crippen LogP contribution < -0.4 is 5.32 Å². The molecule has 1 aromatic carbocycles. The minimum absolute atomic E-state index is 0.149. The molecule has 0 saturated heterocycles. The van der Waals surface area contributed by atoms with E-state index in [-0.39, 0.29) is 12.1 Å². The Morgan fingerprint density at radius 3 is 2.78 bits per heavy atom. The van der Waals surface area contributed by atoms with Crippen LogP contribution in [0, 0.1) is 18.6 Å². The maximum atomic E-state index is 13.4. The summed E-state index contributed by atoms with van der Waals surface area (Å²) in [6.07, 6.45) is 1.59. The van der Waals surface area contributed by atoms with Gasteiger partial charge in [0.05, 0.1) is 5.69 Å². The molecule has 2 aromatic rings. The molecule has 5 heteroatoms. The summed E-state index contributed by atoms with van der Waals surface area (Å²) in [4.78, 5) is 3.93. The lowest BCUT2D eigenvalue weighted by molar-refractivity contribution is 0.500. The van der Waals surface area contributed by atoms with E-state index in [0.717, 1.165) is 11.6 Å². The average Bonchev–Trinajstić information content (AvgIpc) is 2.33. The summed E-state index contributed by atoms with van der Waals surface area (Å²) in [6, 6.07) is 5.86. The normalized spacial score (nSPS) is 10.4. The number of pyridine rings is 1. The van der Waals surface area contributed by atoms with E-state index in [9.17, 15) is 8.78 Å². The fourth-order valence-electron chi connectivity index (χ4n) is 1.61. The molecule has 0 aliphatic heterocycles. The quantitative estimate of drug-likeness (QED) is 0.853. The molecular weight excluding hydrogens is 258 g/mol. The number of hydrogen-bond donors (Lipinski definition) is 1. The van der Waals surface area contributed by atoms with Gasteiger partial charge in [0.2, 0.25) is 0 Å². The molecule has 2 nitrogen and oxygen atoms in total. The van der Waals surface area contributed by atoms with Gasteiger partial charge in [-0.1, -0.05) is 23.7 Å². The molecule has 0 bridgehead atoms. The van der Waals surface area contributed by atoms with Crippen LogP contribution in [0.5, 0.6) is 0 Å². The van der Waals surface area contributed by atoms with Crippen molar-refractivity contribution in [2.75, 3.05) is 5.32 Å². The lowest BCUT2D eigenvalue weighted by atomic mass is 10.2. The monoisotopic (exact) mass is 268 g/mol. The van der Waals surface area contributed by atoms with Gasteiger partial charge in [-0.2, -0.15) is 0 Å². The van der Waals surface area contributed by atoms with Crippen LogP contribution in [-0.2, 0) is 6.54 Å². The van der Waals surface area contributed by atoms with Crippen molar-refractivity contribution in [3.63, 3.8) is 0 Å². The van der Waals surface area contributed by atoms with Crippen LogP contribution in [-0.4, -0.2) is 4.98 Å². The van der Waals surface area contributed by atoms with Crippen LogP contribution in [0.15, 0.2) is 30.5 Å². The highest BCUT2D eigenvalue weighted by Gasteiger charge is 2.09. The fourth-order valence-corrected chi connectivity index (χ4v) is 1.88. The third-order valence-electron chi connectivity index (χ3n) is 2.60. The molecule has 0 aliphatic rings. The van der Waals surface area contributed by atoms with Crippen molar-refractivity contribution in [2.45, 2.75) is 13.5 Å². The summed E-state index contributed by atoms with van der Waals surface area (Å²) >= 11 is 5.93. The van der Waals surface area contributed by atoms with Gasteiger partial charge >= 0.3 is 0 Å². The average molecular weight is 269 g/mol. The van der Waals surface area contributed by atoms with Gasteiger partial charge in [-0.3, -0.25) is 0 Å². The van der Waals surface area contributed by atoms with Crippen LogP contribution in [0.1, 0.15) is 11.1 Å². The lowest BCUT2D eigenvalue weighted by Gasteiger charge is -2.11. The van der Waals surface area contributed by atoms with E-state index in [1.54, 1.807) is 12.3 Å². The van der Waals surface area contributed by atoms with E-state index in [4.69, 9.17) is 11.6 Å². The molecule has 18 heavy (non-hydrogen) atoms. The summed E-state index contributed by atoms with van der Waals surface area (Å²) in [7, 11) is 0. The standard InChI is InChI=1S/C13H11ClF2N2/c1-8-5-6-17-13(14)12(8)18-7-9-3-2-4-10(15)11(9)16/h2-6,18H,7H2,1H3. The number of aromatic nitrogens is 1. The first-order valence-corrected chi connectivity index (χ1v) is 5.75. The Kier molecular flexibility index (Phi) is 3.77. The molecule has 0 radical (unpaired) electrons. The van der Waals surface area contributed by atoms with Crippen LogP contribution in [0.4, 0.5) is 14.5 Å². The number of aryl methyl sites for hydroxylation is 1. The van der Waals surface area contributed by atoms with Crippen molar-refractivity contribution in [3.05, 3.63) is 58.4 Å². The minimum Gasteiger partial charge on any atom is -0.378 e. The number of halogens is 3. The Balaban J connectivity index is 2.19. The molecule has 0 spiro atoms. The minimum atomic E-state index is -0.858. The molecule has 1 aromatic heterocycles. The highest BCUT2D eigenvalue weighted by molar-refractivity contribution is 6.32. The maximum absolute atomic E-state index is 13.4. The van der Waals surface area contributed by atoms with Gasteiger partial charge in [-0.05, 0) is 24.6 Å². The molecule has 0 unspecified atom stereocenters. The molecular formula is C13H11ClF2N2. The van der Waals surface area contributed by atoms with Crippen LogP contribution in [0.3, 0.4) is 0 Å². The SMILES string of the molecule is Cc1ccnc(Cl)c1NCc1cccc(F)c1F. The van der Waals surface area contributed by atoms with Crippen molar-refractivity contribution in [2.24, 2.45) is 0 Å². The van der Waals surface area contributed by atoms with E-state index in [1.165, 1.54) is 12.1 Å². The molecule has 2 rings (SSSR count). The van der Waals surface area contributed by atoms with Gasteiger partial charge in [0.1, 0.15) is 0 Å². The fraction of sp³-hybridized carbons (Fsp3) is 0.154. The zero-order valence-electron chi connectivity index (χ0n) is 9.67. The van der Waals surface area contributed by atoms with Crippen molar-refractivity contribution in [1.29, 1.82) is 0 Å². The Bertz CT molecular complexity index is 553. The number of anilines is 1. The van der Waals surface area contributed by atoms with Gasteiger partial charge in [0, 0.05) is 18.3 Å². The van der Waals surface area contributed by atoms with Gasteiger partial charge in [-0.25, -0.2) is 13.8 Å². The van der Waals surface area contributed by atoms with E-state index in [0.29, 0.717) is 10.8 Å². The van der Waals surface area contributed by atoms with Crippen molar-refractivity contribution in [1.82, 2.24) is 4.98 Å². The second kappa shape index (κ2) is 5.31. The summed E-state index contributed by atoms with van der Waals surface area (Å²) in [6.45, 7) is 2.01. The van der Waals surface area contributed by atoms with Gasteiger partial charge in [-0.15, -0.1) is 0 Å². The zero-order chi connectivity index (χ0) is 13.1. The number of nitrogens with one attached hydrogen (secondary N) is 1. The smallest absolute Gasteiger partial charge is 0.163 e. The maximum Gasteiger partial charge on any atom is 0.163 e. The molecule has 94 valence electrons. The molecule has 0 aliphatic carbocycles. The van der Waals surface area contributed by atoms with Gasteiger partial charge in [0.15, 0.2) is 16.8 Å². The molecule has 0 saturated carbocycles. The first-order chi connectivity index (χ1) is 8.59. The highest BCUT2D eigenvalue weighted by atomic mass is 35.5. The Labute approximate surface area is 109 Å². The molecule has 0 atom stereocenters. The molecule has 1 heterocycles. The Hall–Kier alpha value is -1.68. The summed E-state index contributed by atoms with van der Waals surface area (Å²) in [5, 5.41) is 3.28.